The van der Waals surface area contributed by atoms with Crippen LogP contribution < -0.4 is 5.32 Å². The Balaban J connectivity index is 2.04. The first-order valence-electron chi connectivity index (χ1n) is 6.82. The van der Waals surface area contributed by atoms with Crippen LogP contribution in [0.1, 0.15) is 20.3 Å². The third kappa shape index (κ3) is 3.46. The molecule has 1 heterocycles. The van der Waals surface area contributed by atoms with Gasteiger partial charge >= 0.3 is 5.97 Å². The molecule has 0 bridgehead atoms. The molecular formula is C14H17N5O3. The SMILES string of the molecule is CCC(C)(NC(=O)Cn1nnc(-c2ccccc2)n1)C(=O)O. The number of nitrogens with one attached hydrogen (secondary N) is 1. The Bertz CT molecular complexity index is 670. The van der Waals surface area contributed by atoms with E-state index in [0.717, 1.165) is 10.4 Å². The minimum absolute atomic E-state index is 0.192. The van der Waals surface area contributed by atoms with Crippen molar-refractivity contribution in [2.45, 2.75) is 32.4 Å². The summed E-state index contributed by atoms with van der Waals surface area (Å²) in [5.41, 5.74) is -0.516. The van der Waals surface area contributed by atoms with Crippen LogP contribution in [0.15, 0.2) is 30.3 Å². The van der Waals surface area contributed by atoms with Gasteiger partial charge in [0.05, 0.1) is 0 Å². The van der Waals surface area contributed by atoms with Gasteiger partial charge in [0, 0.05) is 5.56 Å². The van der Waals surface area contributed by atoms with E-state index in [4.69, 9.17) is 5.11 Å². The number of aliphatic carboxylic acids is 1. The normalized spacial score (nSPS) is 13.4. The van der Waals surface area contributed by atoms with Crippen molar-refractivity contribution in [1.82, 2.24) is 25.5 Å². The summed E-state index contributed by atoms with van der Waals surface area (Å²) in [6.07, 6.45) is 0.272. The zero-order valence-electron chi connectivity index (χ0n) is 12.4. The quantitative estimate of drug-likeness (QED) is 0.813. The van der Waals surface area contributed by atoms with E-state index in [0.29, 0.717) is 5.82 Å². The molecule has 1 atom stereocenters. The Morgan fingerprint density at radius 2 is 2.00 bits per heavy atom. The second kappa shape index (κ2) is 6.33. The van der Waals surface area contributed by atoms with Crippen LogP contribution in [0.25, 0.3) is 11.4 Å². The molecule has 0 spiro atoms. The number of nitrogens with zero attached hydrogens (tertiary/aromatic N) is 4. The molecule has 1 amide bonds. The van der Waals surface area contributed by atoms with Crippen LogP contribution in [-0.4, -0.2) is 42.7 Å². The van der Waals surface area contributed by atoms with Gasteiger partial charge in [0.25, 0.3) is 0 Å². The van der Waals surface area contributed by atoms with Gasteiger partial charge in [-0.15, -0.1) is 10.2 Å². The molecule has 0 saturated heterocycles. The fraction of sp³-hybridized carbons (Fsp3) is 0.357. The van der Waals surface area contributed by atoms with Crippen LogP contribution in [-0.2, 0) is 16.1 Å². The maximum atomic E-state index is 11.9. The number of hydrogen-bond donors (Lipinski definition) is 2. The third-order valence-corrected chi connectivity index (χ3v) is 3.36. The average molecular weight is 303 g/mol. The molecule has 1 aromatic heterocycles. The average Bonchev–Trinajstić information content (AvgIpc) is 2.96. The van der Waals surface area contributed by atoms with E-state index in [9.17, 15) is 9.59 Å². The molecule has 1 aromatic carbocycles. The molecular weight excluding hydrogens is 286 g/mol. The summed E-state index contributed by atoms with van der Waals surface area (Å²) in [7, 11) is 0. The van der Waals surface area contributed by atoms with Gasteiger partial charge in [-0.1, -0.05) is 37.3 Å². The zero-order chi connectivity index (χ0) is 16.2. The highest BCUT2D eigenvalue weighted by Crippen LogP contribution is 2.12. The molecule has 0 fully saturated rings. The Morgan fingerprint density at radius 1 is 1.32 bits per heavy atom. The molecule has 116 valence electrons. The zero-order valence-corrected chi connectivity index (χ0v) is 12.4. The molecule has 0 aliphatic heterocycles. The van der Waals surface area contributed by atoms with Gasteiger partial charge in [-0.3, -0.25) is 4.79 Å². The molecule has 2 rings (SSSR count). The first-order valence-corrected chi connectivity index (χ1v) is 6.82. The van der Waals surface area contributed by atoms with Crippen molar-refractivity contribution in [1.29, 1.82) is 0 Å². The maximum Gasteiger partial charge on any atom is 0.329 e. The van der Waals surface area contributed by atoms with Crippen LogP contribution in [0.4, 0.5) is 0 Å². The van der Waals surface area contributed by atoms with E-state index >= 15 is 0 Å². The number of carbonyl (C=O) groups is 2. The maximum absolute atomic E-state index is 11.9. The second-order valence-electron chi connectivity index (χ2n) is 5.05. The van der Waals surface area contributed by atoms with Gasteiger partial charge in [-0.2, -0.15) is 4.80 Å². The predicted molar refractivity (Wildman–Crippen MR) is 77.7 cm³/mol. The summed E-state index contributed by atoms with van der Waals surface area (Å²) in [4.78, 5) is 24.2. The van der Waals surface area contributed by atoms with Gasteiger partial charge in [0.15, 0.2) is 0 Å². The monoisotopic (exact) mass is 303 g/mol. The summed E-state index contributed by atoms with van der Waals surface area (Å²) in [6, 6.07) is 9.24. The molecule has 2 aromatic rings. The lowest BCUT2D eigenvalue weighted by atomic mass is 9.99. The molecule has 0 aliphatic rings. The topological polar surface area (TPSA) is 110 Å². The highest BCUT2D eigenvalue weighted by molar-refractivity contribution is 5.86. The van der Waals surface area contributed by atoms with Crippen LogP contribution in [0.5, 0.6) is 0 Å². The van der Waals surface area contributed by atoms with Crippen LogP contribution in [0, 0.1) is 0 Å². The van der Waals surface area contributed by atoms with E-state index in [-0.39, 0.29) is 13.0 Å². The number of carbonyl (C=O) groups excluding carboxylic acids is 1. The highest BCUT2D eigenvalue weighted by atomic mass is 16.4. The van der Waals surface area contributed by atoms with Crippen molar-refractivity contribution in [3.63, 3.8) is 0 Å². The number of hydrogen-bond acceptors (Lipinski definition) is 5. The number of aromatic nitrogens is 4. The van der Waals surface area contributed by atoms with Crippen molar-refractivity contribution >= 4 is 11.9 Å². The molecule has 8 nitrogen and oxygen atoms in total. The van der Waals surface area contributed by atoms with Gasteiger partial charge in [0.2, 0.25) is 11.7 Å². The molecule has 1 unspecified atom stereocenters. The number of carboxylic acids is 1. The van der Waals surface area contributed by atoms with Crippen LogP contribution in [0.2, 0.25) is 0 Å². The lowest BCUT2D eigenvalue weighted by Gasteiger charge is -2.24. The summed E-state index contributed by atoms with van der Waals surface area (Å²) in [5.74, 6) is -1.16. The van der Waals surface area contributed by atoms with Crippen molar-refractivity contribution in [2.24, 2.45) is 0 Å². The minimum atomic E-state index is -1.31. The Kier molecular flexibility index (Phi) is 4.50. The van der Waals surface area contributed by atoms with Crippen LogP contribution >= 0.6 is 0 Å². The minimum Gasteiger partial charge on any atom is -0.480 e. The number of carboxylic acid groups (broad SMARTS) is 1. The highest BCUT2D eigenvalue weighted by Gasteiger charge is 2.32. The van der Waals surface area contributed by atoms with Gasteiger partial charge in [0.1, 0.15) is 12.1 Å². The molecule has 0 aliphatic carbocycles. The second-order valence-corrected chi connectivity index (χ2v) is 5.05. The van der Waals surface area contributed by atoms with E-state index in [2.05, 4.69) is 20.7 Å². The standard InChI is InChI=1S/C14H17N5O3/c1-3-14(2,13(21)22)15-11(20)9-19-17-12(16-18-19)10-7-5-4-6-8-10/h4-8H,3,9H2,1-2H3,(H,15,20)(H,21,22). The fourth-order valence-corrected chi connectivity index (χ4v) is 1.78. The third-order valence-electron chi connectivity index (χ3n) is 3.36. The van der Waals surface area contributed by atoms with E-state index < -0.39 is 17.4 Å². The molecule has 0 saturated carbocycles. The Hall–Kier alpha value is -2.77. The number of rotatable bonds is 6. The predicted octanol–water partition coefficient (Wildman–Crippen LogP) is 0.710. The number of tetrazole rings is 1. The van der Waals surface area contributed by atoms with Gasteiger partial charge in [-0.25, -0.2) is 4.79 Å². The summed E-state index contributed by atoms with van der Waals surface area (Å²) in [5, 5.41) is 23.4. The summed E-state index contributed by atoms with van der Waals surface area (Å²) in [6.45, 7) is 2.95. The van der Waals surface area contributed by atoms with Crippen LogP contribution in [0.3, 0.4) is 0 Å². The number of amides is 1. The van der Waals surface area contributed by atoms with Crippen molar-refractivity contribution in [3.05, 3.63) is 30.3 Å². The lowest BCUT2D eigenvalue weighted by Crippen LogP contribution is -2.52. The fourth-order valence-electron chi connectivity index (χ4n) is 1.78. The molecule has 0 radical (unpaired) electrons. The first kappa shape index (κ1) is 15.6. The van der Waals surface area contributed by atoms with E-state index in [1.165, 1.54) is 6.92 Å². The van der Waals surface area contributed by atoms with Crippen molar-refractivity contribution < 1.29 is 14.7 Å². The van der Waals surface area contributed by atoms with E-state index in [1.807, 2.05) is 30.3 Å². The van der Waals surface area contributed by atoms with Gasteiger partial charge < -0.3 is 10.4 Å². The molecule has 8 heteroatoms. The molecule has 2 N–H and O–H groups in total. The van der Waals surface area contributed by atoms with E-state index in [1.54, 1.807) is 6.92 Å². The van der Waals surface area contributed by atoms with Crippen molar-refractivity contribution in [3.8, 4) is 11.4 Å². The number of benzene rings is 1. The van der Waals surface area contributed by atoms with Crippen molar-refractivity contribution in [2.75, 3.05) is 0 Å². The smallest absolute Gasteiger partial charge is 0.329 e. The van der Waals surface area contributed by atoms with Gasteiger partial charge in [-0.05, 0) is 18.6 Å². The summed E-state index contributed by atoms with van der Waals surface area (Å²) >= 11 is 0. The first-order chi connectivity index (χ1) is 10.4. The Morgan fingerprint density at radius 3 is 2.59 bits per heavy atom. The molecule has 22 heavy (non-hydrogen) atoms. The largest absolute Gasteiger partial charge is 0.480 e. The Labute approximate surface area is 127 Å². The summed E-state index contributed by atoms with van der Waals surface area (Å²) < 4.78 is 0. The lowest BCUT2D eigenvalue weighted by molar-refractivity contribution is -0.147.